The molecule has 4 aromatic rings. The maximum Gasteiger partial charge on any atom is 0.416 e. The van der Waals surface area contributed by atoms with Gasteiger partial charge < -0.3 is 26.0 Å². The first-order valence-corrected chi connectivity index (χ1v) is 37.8. The summed E-state index contributed by atoms with van der Waals surface area (Å²) < 4.78 is 43.3. The minimum atomic E-state index is -4.24. The van der Waals surface area contributed by atoms with Crippen molar-refractivity contribution in [3.63, 3.8) is 0 Å². The number of nitrogens with one attached hydrogen (secondary N) is 4. The van der Waals surface area contributed by atoms with Gasteiger partial charge in [-0.1, -0.05) is 103 Å². The fourth-order valence-corrected chi connectivity index (χ4v) is 23.1. The van der Waals surface area contributed by atoms with Crippen LogP contribution in [0.3, 0.4) is 0 Å². The first kappa shape index (κ1) is 59.5. The molecule has 456 valence electrons. The van der Waals surface area contributed by atoms with E-state index in [4.69, 9.17) is 4.74 Å². The molecule has 16 aliphatic rings. The highest BCUT2D eigenvalue weighted by Gasteiger charge is 2.54. The van der Waals surface area contributed by atoms with Gasteiger partial charge in [0.15, 0.2) is 0 Å². The highest BCUT2D eigenvalue weighted by atomic mass is 28.3. The molecule has 0 amide bonds. The second kappa shape index (κ2) is 24.1. The van der Waals surface area contributed by atoms with Crippen LogP contribution in [0.25, 0.3) is 0 Å². The number of alkyl halides is 3. The van der Waals surface area contributed by atoms with Crippen LogP contribution in [0.4, 0.5) is 13.2 Å². The van der Waals surface area contributed by atoms with Gasteiger partial charge in [0.1, 0.15) is 5.75 Å². The molecule has 0 aliphatic heterocycles. The van der Waals surface area contributed by atoms with Gasteiger partial charge in [0.2, 0.25) is 0 Å². The number of aryl methyl sites for hydroxylation is 1. The molecule has 0 aromatic heterocycles. The molecule has 5 nitrogen and oxygen atoms in total. The SMILES string of the molecule is CCOc1ccc(CNC23CC4CC(CC(C4)C2)C3)cc1.C[Si](C)(C)c1ccc(CNC23CC4CC(CC(C4)C2)C3)cc1.Cc1ccc(CNC23CC4CC(CC(C4)C2)C3)cc1.FC(F)(F)c1ccc(CNC23CC4CC(CC(C4)C2)C3)cc1. The van der Waals surface area contributed by atoms with Gasteiger partial charge in [-0.2, -0.15) is 13.2 Å². The third-order valence-corrected chi connectivity index (χ3v) is 26.3. The normalized spacial score (nSPS) is 37.5. The molecule has 0 unspecified atom stereocenters. The Hall–Kier alpha value is -3.47. The monoisotopic (exact) mass is 1160 g/mol. The van der Waals surface area contributed by atoms with Crippen LogP contribution in [0.2, 0.25) is 19.6 Å². The van der Waals surface area contributed by atoms with Crippen molar-refractivity contribution in [2.24, 2.45) is 71.0 Å². The van der Waals surface area contributed by atoms with Gasteiger partial charge in [-0.05, 0) is 285 Å². The number of hydrogen-bond acceptors (Lipinski definition) is 5. The van der Waals surface area contributed by atoms with Crippen LogP contribution in [-0.4, -0.2) is 36.8 Å². The Labute approximate surface area is 505 Å². The molecule has 16 fully saturated rings. The molecule has 4 aromatic carbocycles. The van der Waals surface area contributed by atoms with Gasteiger partial charge in [0.25, 0.3) is 0 Å². The van der Waals surface area contributed by atoms with Crippen molar-refractivity contribution < 1.29 is 17.9 Å². The van der Waals surface area contributed by atoms with Crippen LogP contribution in [-0.2, 0) is 32.4 Å². The molecule has 4 N–H and O–H groups in total. The summed E-state index contributed by atoms with van der Waals surface area (Å²) in [6.45, 7) is 16.0. The minimum Gasteiger partial charge on any atom is -0.494 e. The Balaban J connectivity index is 0.000000105. The summed E-state index contributed by atoms with van der Waals surface area (Å²) >= 11 is 0. The summed E-state index contributed by atoms with van der Waals surface area (Å²) in [5.74, 6) is 12.9. The lowest BCUT2D eigenvalue weighted by Crippen LogP contribution is -2.58. The van der Waals surface area contributed by atoms with Crippen molar-refractivity contribution in [1.29, 1.82) is 0 Å². The molecule has 16 bridgehead atoms. The van der Waals surface area contributed by atoms with E-state index in [1.165, 1.54) is 188 Å². The fraction of sp³-hybridized carbons (Fsp3) is 0.680. The zero-order valence-corrected chi connectivity index (χ0v) is 53.2. The molecule has 84 heavy (non-hydrogen) atoms. The van der Waals surface area contributed by atoms with Crippen molar-refractivity contribution in [2.45, 2.75) is 242 Å². The zero-order chi connectivity index (χ0) is 57.9. The van der Waals surface area contributed by atoms with Gasteiger partial charge in [0.05, 0.1) is 20.2 Å². The lowest BCUT2D eigenvalue weighted by atomic mass is 9.53. The Morgan fingerprint density at radius 1 is 0.381 bits per heavy atom. The van der Waals surface area contributed by atoms with Crippen LogP contribution in [0.5, 0.6) is 5.75 Å². The summed E-state index contributed by atoms with van der Waals surface area (Å²) in [4.78, 5) is 0. The van der Waals surface area contributed by atoms with Crippen molar-refractivity contribution >= 4 is 13.3 Å². The number of hydrogen-bond donors (Lipinski definition) is 4. The number of benzene rings is 4. The fourth-order valence-electron chi connectivity index (χ4n) is 22.0. The summed E-state index contributed by atoms with van der Waals surface area (Å²) in [5, 5.41) is 17.2. The highest BCUT2D eigenvalue weighted by molar-refractivity contribution is 6.88. The largest absolute Gasteiger partial charge is 0.494 e. The summed E-state index contributed by atoms with van der Waals surface area (Å²) in [7, 11) is -1.16. The van der Waals surface area contributed by atoms with Crippen LogP contribution < -0.4 is 31.2 Å². The van der Waals surface area contributed by atoms with E-state index in [9.17, 15) is 13.2 Å². The van der Waals surface area contributed by atoms with Crippen LogP contribution in [0, 0.1) is 77.9 Å². The van der Waals surface area contributed by atoms with E-state index in [2.05, 4.69) is 121 Å². The van der Waals surface area contributed by atoms with Crippen LogP contribution in [0.15, 0.2) is 97.1 Å². The number of halogens is 3. The quantitative estimate of drug-likeness (QED) is 0.0894. The lowest BCUT2D eigenvalue weighted by Gasteiger charge is -2.57. The average Bonchev–Trinajstić information content (AvgIpc) is 2.90. The Bertz CT molecular complexity index is 2580. The van der Waals surface area contributed by atoms with Gasteiger partial charge in [-0.3, -0.25) is 0 Å². The maximum absolute atomic E-state index is 12.6. The third kappa shape index (κ3) is 14.0. The van der Waals surface area contributed by atoms with E-state index >= 15 is 0 Å². The van der Waals surface area contributed by atoms with Gasteiger partial charge in [0, 0.05) is 48.3 Å². The smallest absolute Gasteiger partial charge is 0.416 e. The highest BCUT2D eigenvalue weighted by Crippen LogP contribution is 2.59. The Morgan fingerprint density at radius 2 is 0.619 bits per heavy atom. The molecule has 0 spiro atoms. The molecule has 0 heterocycles. The van der Waals surface area contributed by atoms with E-state index in [1.54, 1.807) is 17.3 Å². The molecule has 0 radical (unpaired) electrons. The van der Waals surface area contributed by atoms with E-state index < -0.39 is 19.8 Å². The Morgan fingerprint density at radius 3 is 0.857 bits per heavy atom. The molecule has 20 rings (SSSR count). The molecule has 16 aliphatic carbocycles. The van der Waals surface area contributed by atoms with Gasteiger partial charge in [-0.15, -0.1) is 0 Å². The number of rotatable bonds is 15. The average molecular weight is 1160 g/mol. The topological polar surface area (TPSA) is 57.4 Å². The van der Waals surface area contributed by atoms with E-state index in [-0.39, 0.29) is 5.54 Å². The van der Waals surface area contributed by atoms with E-state index in [0.717, 1.165) is 109 Å². The van der Waals surface area contributed by atoms with Crippen LogP contribution in [0.1, 0.15) is 194 Å². The van der Waals surface area contributed by atoms with Crippen molar-refractivity contribution in [2.75, 3.05) is 6.61 Å². The summed E-state index contributed by atoms with van der Waals surface area (Å²) in [5.41, 5.74) is 7.76. The third-order valence-electron chi connectivity index (χ3n) is 24.3. The minimum absolute atomic E-state index is 0.261. The maximum atomic E-state index is 12.6. The summed E-state index contributed by atoms with van der Waals surface area (Å²) in [6, 6.07) is 32.7. The molecule has 9 heteroatoms. The van der Waals surface area contributed by atoms with Crippen LogP contribution >= 0.6 is 0 Å². The standard InChI is InChI=1S/C20H31NSi.C19H27NO.C18H22F3N.C18H25N/c1-22(2,3)19-6-4-15(5-7-19)14-21-20-11-16-8-17(12-20)10-18(9-16)13-20;1-2-21-18-5-3-14(4-6-18)13-20-19-10-15-7-16(11-19)9-17(8-15)12-19;19-18(20,21)16-3-1-12(2-4-16)11-22-17-8-13-5-14(9-17)7-15(6-13)10-17;1-13-2-4-14(5-3-13)12-19-18-9-15-6-16(10-18)8-17(7-15)11-18/h4-7,16-18,21H,8-14H2,1-3H3;3-6,15-17,20H,2,7-13H2,1H3;1-4,13-15,22H,5-11H2;2-5,15-17,19H,6-12H2,1H3. The lowest BCUT2D eigenvalue weighted by molar-refractivity contribution is -0.137. The molecule has 0 atom stereocenters. The molecular weight excluding hydrogens is 1060 g/mol. The van der Waals surface area contributed by atoms with E-state index in [0.29, 0.717) is 23.2 Å². The van der Waals surface area contributed by atoms with Crippen molar-refractivity contribution in [3.05, 3.63) is 130 Å². The van der Waals surface area contributed by atoms with Gasteiger partial charge in [-0.25, -0.2) is 0 Å². The molecule has 16 saturated carbocycles. The first-order valence-electron chi connectivity index (χ1n) is 34.3. The van der Waals surface area contributed by atoms with E-state index in [1.807, 2.05) is 6.92 Å². The van der Waals surface area contributed by atoms with Crippen molar-refractivity contribution in [3.8, 4) is 5.75 Å². The predicted octanol–water partition coefficient (Wildman–Crippen LogP) is 17.3. The second-order valence-electron chi connectivity index (χ2n) is 32.4. The first-order chi connectivity index (χ1) is 40.3. The van der Waals surface area contributed by atoms with Gasteiger partial charge >= 0.3 is 6.18 Å². The number of ether oxygens (including phenoxy) is 1. The zero-order valence-electron chi connectivity index (χ0n) is 52.2. The molecule has 0 saturated heterocycles. The Kier molecular flexibility index (Phi) is 17.1. The summed E-state index contributed by atoms with van der Waals surface area (Å²) in [6.07, 6.45) is 30.5. The second-order valence-corrected chi connectivity index (χ2v) is 37.5. The molecular formula is C75H105F3N4OSi. The predicted molar refractivity (Wildman–Crippen MR) is 341 cm³/mol. The van der Waals surface area contributed by atoms with Crippen molar-refractivity contribution in [1.82, 2.24) is 21.3 Å².